The van der Waals surface area contributed by atoms with Crippen LogP contribution < -0.4 is 4.90 Å². The van der Waals surface area contributed by atoms with Gasteiger partial charge in [0.15, 0.2) is 0 Å². The molecule has 0 aliphatic carbocycles. The van der Waals surface area contributed by atoms with Crippen LogP contribution in [0, 0.1) is 16.0 Å². The molecular formula is C14H16N2O4. The van der Waals surface area contributed by atoms with E-state index in [1.54, 1.807) is 25.1 Å². The number of Topliss-reactive ketones (excluding diaryl/α,β-unsaturated/α-hetero) is 1. The topological polar surface area (TPSA) is 80.5 Å². The molecule has 1 heterocycles. The third-order valence-electron chi connectivity index (χ3n) is 3.54. The molecule has 106 valence electrons. The van der Waals surface area contributed by atoms with Crippen LogP contribution in [0.25, 0.3) is 0 Å². The Kier molecular flexibility index (Phi) is 4.12. The third kappa shape index (κ3) is 2.54. The van der Waals surface area contributed by atoms with E-state index in [4.69, 9.17) is 0 Å². The number of piperidine rings is 1. The van der Waals surface area contributed by atoms with E-state index in [-0.39, 0.29) is 23.1 Å². The van der Waals surface area contributed by atoms with Crippen molar-refractivity contribution < 1.29 is 14.5 Å². The molecule has 1 fully saturated rings. The van der Waals surface area contributed by atoms with Gasteiger partial charge >= 0.3 is 0 Å². The number of nitro groups is 1. The van der Waals surface area contributed by atoms with E-state index in [2.05, 4.69) is 0 Å². The molecule has 1 amide bonds. The lowest BCUT2D eigenvalue weighted by Crippen LogP contribution is -2.44. The second kappa shape index (κ2) is 5.81. The molecule has 1 saturated heterocycles. The van der Waals surface area contributed by atoms with Crippen LogP contribution in [0.3, 0.4) is 0 Å². The molecule has 0 aromatic heterocycles. The van der Waals surface area contributed by atoms with Crippen molar-refractivity contribution >= 4 is 23.1 Å². The summed E-state index contributed by atoms with van der Waals surface area (Å²) in [7, 11) is 0. The zero-order valence-corrected chi connectivity index (χ0v) is 11.2. The van der Waals surface area contributed by atoms with Gasteiger partial charge in [0, 0.05) is 19.0 Å². The normalized spacial score (nSPS) is 18.9. The first-order valence-corrected chi connectivity index (χ1v) is 6.63. The fraction of sp³-hybridized carbons (Fsp3) is 0.429. The number of hydrogen-bond donors (Lipinski definition) is 0. The second-order valence-corrected chi connectivity index (χ2v) is 4.75. The highest BCUT2D eigenvalue weighted by Crippen LogP contribution is 2.32. The van der Waals surface area contributed by atoms with Crippen molar-refractivity contribution in [2.75, 3.05) is 11.4 Å². The number of amides is 1. The van der Waals surface area contributed by atoms with Crippen molar-refractivity contribution in [3.63, 3.8) is 0 Å². The van der Waals surface area contributed by atoms with Crippen LogP contribution in [0.2, 0.25) is 0 Å². The number of hydrogen-bond acceptors (Lipinski definition) is 4. The molecular weight excluding hydrogens is 260 g/mol. The van der Waals surface area contributed by atoms with Crippen LogP contribution in [0.1, 0.15) is 26.2 Å². The fourth-order valence-electron chi connectivity index (χ4n) is 2.51. The average Bonchev–Trinajstić information content (AvgIpc) is 2.46. The summed E-state index contributed by atoms with van der Waals surface area (Å²) in [6, 6.07) is 6.13. The van der Waals surface area contributed by atoms with Crippen LogP contribution >= 0.6 is 0 Å². The first-order valence-electron chi connectivity index (χ1n) is 6.63. The molecule has 0 bridgehead atoms. The number of nitro benzene ring substituents is 1. The molecule has 0 saturated carbocycles. The number of carbonyl (C=O) groups excluding carboxylic acids is 2. The Labute approximate surface area is 116 Å². The van der Waals surface area contributed by atoms with Crippen LogP contribution in [0.5, 0.6) is 0 Å². The first-order chi connectivity index (χ1) is 9.56. The maximum absolute atomic E-state index is 12.4. The summed E-state index contributed by atoms with van der Waals surface area (Å²) in [6.45, 7) is 2.14. The number of nitrogens with zero attached hydrogens (tertiary/aromatic N) is 2. The molecule has 1 atom stereocenters. The maximum atomic E-state index is 12.4. The lowest BCUT2D eigenvalue weighted by atomic mass is 9.91. The summed E-state index contributed by atoms with van der Waals surface area (Å²) in [5.74, 6) is -1.08. The lowest BCUT2D eigenvalue weighted by Gasteiger charge is -2.31. The monoisotopic (exact) mass is 276 g/mol. The summed E-state index contributed by atoms with van der Waals surface area (Å²) < 4.78 is 0. The Morgan fingerprint density at radius 3 is 2.80 bits per heavy atom. The average molecular weight is 276 g/mol. The van der Waals surface area contributed by atoms with Gasteiger partial charge < -0.3 is 4.90 Å². The van der Waals surface area contributed by atoms with E-state index < -0.39 is 10.8 Å². The Hall–Kier alpha value is -2.24. The largest absolute Gasteiger partial charge is 0.306 e. The van der Waals surface area contributed by atoms with E-state index in [0.29, 0.717) is 25.8 Å². The van der Waals surface area contributed by atoms with E-state index >= 15 is 0 Å². The molecule has 0 N–H and O–H groups in total. The Balaban J connectivity index is 2.35. The summed E-state index contributed by atoms with van der Waals surface area (Å²) in [6.07, 6.45) is 1.51. The van der Waals surface area contributed by atoms with Gasteiger partial charge in [-0.3, -0.25) is 19.7 Å². The highest BCUT2D eigenvalue weighted by atomic mass is 16.6. The molecule has 1 aromatic carbocycles. The summed E-state index contributed by atoms with van der Waals surface area (Å²) in [5, 5.41) is 11.0. The highest BCUT2D eigenvalue weighted by molar-refractivity contribution is 6.09. The van der Waals surface area contributed by atoms with Gasteiger partial charge in [-0.05, 0) is 18.9 Å². The Morgan fingerprint density at radius 2 is 2.15 bits per heavy atom. The smallest absolute Gasteiger partial charge is 0.292 e. The zero-order chi connectivity index (χ0) is 14.7. The van der Waals surface area contributed by atoms with E-state index in [9.17, 15) is 19.7 Å². The van der Waals surface area contributed by atoms with E-state index in [1.165, 1.54) is 11.0 Å². The first kappa shape index (κ1) is 14.2. The minimum Gasteiger partial charge on any atom is -0.306 e. The van der Waals surface area contributed by atoms with Crippen molar-refractivity contribution in [1.82, 2.24) is 0 Å². The van der Waals surface area contributed by atoms with Gasteiger partial charge in [0.25, 0.3) is 5.69 Å². The van der Waals surface area contributed by atoms with Gasteiger partial charge in [-0.1, -0.05) is 19.1 Å². The zero-order valence-electron chi connectivity index (χ0n) is 11.2. The predicted molar refractivity (Wildman–Crippen MR) is 73.5 cm³/mol. The van der Waals surface area contributed by atoms with E-state index in [1.807, 2.05) is 0 Å². The van der Waals surface area contributed by atoms with Crippen molar-refractivity contribution in [3.8, 4) is 0 Å². The van der Waals surface area contributed by atoms with Gasteiger partial charge in [-0.25, -0.2) is 0 Å². The number of benzene rings is 1. The Morgan fingerprint density at radius 1 is 1.45 bits per heavy atom. The Bertz CT molecular complexity index is 556. The van der Waals surface area contributed by atoms with Crippen molar-refractivity contribution in [3.05, 3.63) is 34.4 Å². The van der Waals surface area contributed by atoms with Crippen LogP contribution in [-0.2, 0) is 9.59 Å². The molecule has 6 heteroatoms. The van der Waals surface area contributed by atoms with Gasteiger partial charge in [-0.2, -0.15) is 0 Å². The van der Waals surface area contributed by atoms with Crippen molar-refractivity contribution in [2.24, 2.45) is 5.92 Å². The number of ketones is 1. The van der Waals surface area contributed by atoms with Crippen LogP contribution in [0.4, 0.5) is 11.4 Å². The maximum Gasteiger partial charge on any atom is 0.292 e. The van der Waals surface area contributed by atoms with Crippen LogP contribution in [0.15, 0.2) is 24.3 Å². The SMILES string of the molecule is CCC(=O)[C@H]1CCCN(c2ccccc2[N+](=O)[O-])C1=O. The van der Waals surface area contributed by atoms with Crippen LogP contribution in [-0.4, -0.2) is 23.2 Å². The number of carbonyl (C=O) groups is 2. The molecule has 1 aromatic rings. The number of anilines is 1. The number of para-hydroxylation sites is 2. The molecule has 1 aliphatic heterocycles. The standard InChI is InChI=1S/C14H16N2O4/c1-2-13(17)10-6-5-9-15(14(10)18)11-7-3-4-8-12(11)16(19)20/h3-4,7-8,10H,2,5-6,9H2,1H3/t10-/m1/s1. The highest BCUT2D eigenvalue weighted by Gasteiger charge is 2.35. The third-order valence-corrected chi connectivity index (χ3v) is 3.54. The molecule has 1 aliphatic rings. The quantitative estimate of drug-likeness (QED) is 0.480. The lowest BCUT2D eigenvalue weighted by molar-refractivity contribution is -0.384. The summed E-state index contributed by atoms with van der Waals surface area (Å²) in [5.41, 5.74) is 0.168. The minimum atomic E-state index is -0.659. The summed E-state index contributed by atoms with van der Waals surface area (Å²) in [4.78, 5) is 36.1. The molecule has 0 unspecified atom stereocenters. The van der Waals surface area contributed by atoms with Crippen molar-refractivity contribution in [1.29, 1.82) is 0 Å². The number of rotatable bonds is 4. The molecule has 0 spiro atoms. The second-order valence-electron chi connectivity index (χ2n) is 4.75. The predicted octanol–water partition coefficient (Wildman–Crippen LogP) is 2.32. The molecule has 2 rings (SSSR count). The van der Waals surface area contributed by atoms with Gasteiger partial charge in [0.1, 0.15) is 11.5 Å². The van der Waals surface area contributed by atoms with Gasteiger partial charge in [0.05, 0.1) is 10.8 Å². The molecule has 20 heavy (non-hydrogen) atoms. The minimum absolute atomic E-state index is 0.0988. The molecule has 6 nitrogen and oxygen atoms in total. The van der Waals surface area contributed by atoms with E-state index in [0.717, 1.165) is 0 Å². The summed E-state index contributed by atoms with van der Waals surface area (Å²) >= 11 is 0. The molecule has 0 radical (unpaired) electrons. The fourth-order valence-corrected chi connectivity index (χ4v) is 2.51. The van der Waals surface area contributed by atoms with Crippen molar-refractivity contribution in [2.45, 2.75) is 26.2 Å². The van der Waals surface area contributed by atoms with Gasteiger partial charge in [-0.15, -0.1) is 0 Å². The van der Waals surface area contributed by atoms with Gasteiger partial charge in [0.2, 0.25) is 5.91 Å².